The van der Waals surface area contributed by atoms with Gasteiger partial charge in [0.2, 0.25) is 5.88 Å². The Hall–Kier alpha value is -3.44. The maximum absolute atomic E-state index is 13.4. The molecule has 1 N–H and O–H groups in total. The molecule has 180 valence electrons. The molecule has 0 bridgehead atoms. The lowest BCUT2D eigenvalue weighted by atomic mass is 9.99. The molecule has 0 aromatic carbocycles. The molecular weight excluding hydrogens is 432 g/mol. The van der Waals surface area contributed by atoms with Crippen LogP contribution in [0.15, 0.2) is 36.8 Å². The van der Waals surface area contributed by atoms with Crippen LogP contribution in [0.25, 0.3) is 0 Å². The summed E-state index contributed by atoms with van der Waals surface area (Å²) >= 11 is 0. The normalized spacial score (nSPS) is 18.7. The molecule has 2 amide bonds. The van der Waals surface area contributed by atoms with E-state index < -0.39 is 6.10 Å². The van der Waals surface area contributed by atoms with Crippen molar-refractivity contribution in [2.45, 2.75) is 39.8 Å². The number of ether oxygens (including phenoxy) is 1. The third-order valence-corrected chi connectivity index (χ3v) is 5.74. The van der Waals surface area contributed by atoms with Crippen LogP contribution in [0.3, 0.4) is 0 Å². The number of rotatable bonds is 5. The Kier molecular flexibility index (Phi) is 8.24. The lowest BCUT2D eigenvalue weighted by molar-refractivity contribution is 0.0313. The lowest BCUT2D eigenvalue weighted by Crippen LogP contribution is -2.50. The summed E-state index contributed by atoms with van der Waals surface area (Å²) in [5.41, 5.74) is 1.41. The van der Waals surface area contributed by atoms with Crippen molar-refractivity contribution < 1.29 is 19.4 Å². The van der Waals surface area contributed by atoms with Crippen molar-refractivity contribution in [3.05, 3.63) is 53.5 Å². The summed E-state index contributed by atoms with van der Waals surface area (Å²) in [5, 5.41) is 9.79. The first-order chi connectivity index (χ1) is 16.2. The van der Waals surface area contributed by atoms with Gasteiger partial charge in [-0.3, -0.25) is 14.6 Å². The van der Waals surface area contributed by atoms with Crippen LogP contribution in [-0.4, -0.2) is 75.6 Å². The van der Waals surface area contributed by atoms with Gasteiger partial charge in [-0.1, -0.05) is 32.6 Å². The number of hydrogen-bond donors (Lipinski definition) is 1. The first-order valence-electron chi connectivity index (χ1n) is 11.5. The van der Waals surface area contributed by atoms with Gasteiger partial charge >= 0.3 is 0 Å². The van der Waals surface area contributed by atoms with Gasteiger partial charge in [0.05, 0.1) is 24.8 Å². The minimum atomic E-state index is -0.425. The van der Waals surface area contributed by atoms with E-state index in [0.717, 1.165) is 0 Å². The molecular formula is C26H32N4O4. The van der Waals surface area contributed by atoms with Crippen molar-refractivity contribution in [1.29, 1.82) is 0 Å². The Balaban J connectivity index is 1.95. The summed E-state index contributed by atoms with van der Waals surface area (Å²) < 4.78 is 6.24. The molecule has 1 aliphatic heterocycles. The van der Waals surface area contributed by atoms with E-state index in [4.69, 9.17) is 4.74 Å². The lowest BCUT2D eigenvalue weighted by Gasteiger charge is -2.37. The zero-order valence-corrected chi connectivity index (χ0v) is 20.4. The van der Waals surface area contributed by atoms with E-state index in [-0.39, 0.29) is 42.2 Å². The fourth-order valence-electron chi connectivity index (χ4n) is 3.68. The van der Waals surface area contributed by atoms with Crippen molar-refractivity contribution in [3.63, 3.8) is 0 Å². The van der Waals surface area contributed by atoms with E-state index in [0.29, 0.717) is 29.8 Å². The van der Waals surface area contributed by atoms with Crippen LogP contribution < -0.4 is 4.74 Å². The molecule has 2 aromatic rings. The second kappa shape index (κ2) is 11.1. The third-order valence-electron chi connectivity index (χ3n) is 5.74. The number of carbonyl (C=O) groups excluding carboxylic acids is 2. The van der Waals surface area contributed by atoms with Crippen molar-refractivity contribution in [3.8, 4) is 17.7 Å². The molecule has 8 heteroatoms. The Labute approximate surface area is 201 Å². The fraction of sp³-hybridized carbons (Fsp3) is 0.462. The maximum Gasteiger partial charge on any atom is 0.259 e. The van der Waals surface area contributed by atoms with Gasteiger partial charge in [-0.05, 0) is 25.1 Å². The smallest absolute Gasteiger partial charge is 0.259 e. The Morgan fingerprint density at radius 1 is 1.35 bits per heavy atom. The third kappa shape index (κ3) is 5.91. The monoisotopic (exact) mass is 464 g/mol. The Bertz CT molecular complexity index is 1080. The average molecular weight is 465 g/mol. The summed E-state index contributed by atoms with van der Waals surface area (Å²) in [7, 11) is 1.71. The zero-order valence-electron chi connectivity index (χ0n) is 20.4. The molecule has 0 fully saturated rings. The van der Waals surface area contributed by atoms with Gasteiger partial charge in [0.1, 0.15) is 11.7 Å². The van der Waals surface area contributed by atoms with Crippen LogP contribution in [-0.2, 0) is 0 Å². The highest BCUT2D eigenvalue weighted by atomic mass is 16.5. The summed E-state index contributed by atoms with van der Waals surface area (Å²) in [6.45, 7) is 8.23. The van der Waals surface area contributed by atoms with E-state index in [2.05, 4.69) is 21.8 Å². The Morgan fingerprint density at radius 2 is 2.12 bits per heavy atom. The minimum absolute atomic E-state index is 0.127. The standard InChI is InChI=1S/C26H32N4O4/c1-17(2)8-9-20-11-22-24(28-12-20)34-23(18(3)14-30(26(22)33)19(4)16-31)15-29(5)25(32)21-7-6-10-27-13-21/h6-7,10-13,17-19,23,31H,14-16H2,1-5H3/t18-,19+,23+/m0/s1. The van der Waals surface area contributed by atoms with Gasteiger partial charge < -0.3 is 19.6 Å². The largest absolute Gasteiger partial charge is 0.472 e. The van der Waals surface area contributed by atoms with Crippen molar-refractivity contribution >= 4 is 11.8 Å². The predicted octanol–water partition coefficient (Wildman–Crippen LogP) is 2.48. The van der Waals surface area contributed by atoms with Crippen molar-refractivity contribution in [2.75, 3.05) is 26.7 Å². The fourth-order valence-corrected chi connectivity index (χ4v) is 3.68. The highest BCUT2D eigenvalue weighted by Crippen LogP contribution is 2.27. The highest BCUT2D eigenvalue weighted by molar-refractivity contribution is 5.97. The number of aromatic nitrogens is 2. The van der Waals surface area contributed by atoms with Crippen molar-refractivity contribution in [2.24, 2.45) is 11.8 Å². The molecule has 2 aromatic heterocycles. The van der Waals surface area contributed by atoms with E-state index >= 15 is 0 Å². The van der Waals surface area contributed by atoms with Crippen LogP contribution >= 0.6 is 0 Å². The number of aliphatic hydroxyl groups excluding tert-OH is 1. The van der Waals surface area contributed by atoms with Crippen LogP contribution in [0, 0.1) is 23.7 Å². The number of fused-ring (bicyclic) bond motifs is 1. The number of carbonyl (C=O) groups is 2. The van der Waals surface area contributed by atoms with Crippen LogP contribution in [0.4, 0.5) is 0 Å². The predicted molar refractivity (Wildman–Crippen MR) is 128 cm³/mol. The summed E-state index contributed by atoms with van der Waals surface area (Å²) in [6.07, 6.45) is 4.31. The quantitative estimate of drug-likeness (QED) is 0.683. The SMILES string of the molecule is CC(C)C#Cc1cnc2c(c1)C(=O)N([C@H](C)CO)C[C@H](C)[C@@H](CN(C)C(=O)c1cccnc1)O2. The number of likely N-dealkylation sites (N-methyl/N-ethyl adjacent to an activating group) is 1. The molecule has 0 saturated heterocycles. The summed E-state index contributed by atoms with van der Waals surface area (Å²) in [6, 6.07) is 4.74. The molecule has 3 rings (SSSR count). The first-order valence-corrected chi connectivity index (χ1v) is 11.5. The molecule has 0 unspecified atom stereocenters. The van der Waals surface area contributed by atoms with Gasteiger partial charge in [0.15, 0.2) is 0 Å². The van der Waals surface area contributed by atoms with Crippen LogP contribution in [0.5, 0.6) is 5.88 Å². The molecule has 3 heterocycles. The van der Waals surface area contributed by atoms with E-state index in [1.165, 1.54) is 6.20 Å². The molecule has 8 nitrogen and oxygen atoms in total. The molecule has 1 aliphatic rings. The van der Waals surface area contributed by atoms with Gasteiger partial charge in [0.25, 0.3) is 11.8 Å². The molecule has 0 saturated carbocycles. The maximum atomic E-state index is 13.4. The van der Waals surface area contributed by atoms with Gasteiger partial charge in [-0.25, -0.2) is 4.98 Å². The zero-order chi connectivity index (χ0) is 24.8. The Morgan fingerprint density at radius 3 is 2.76 bits per heavy atom. The van der Waals surface area contributed by atoms with Gasteiger partial charge in [0, 0.05) is 49.6 Å². The van der Waals surface area contributed by atoms with Crippen LogP contribution in [0.1, 0.15) is 54.0 Å². The molecule has 3 atom stereocenters. The van der Waals surface area contributed by atoms with E-state index in [1.807, 2.05) is 20.8 Å². The molecule has 34 heavy (non-hydrogen) atoms. The first kappa shape index (κ1) is 25.2. The minimum Gasteiger partial charge on any atom is -0.472 e. The van der Waals surface area contributed by atoms with E-state index in [9.17, 15) is 14.7 Å². The number of pyridine rings is 2. The summed E-state index contributed by atoms with van der Waals surface area (Å²) in [5.74, 6) is 5.95. The number of amides is 2. The van der Waals surface area contributed by atoms with Crippen molar-refractivity contribution in [1.82, 2.24) is 19.8 Å². The topological polar surface area (TPSA) is 95.9 Å². The number of nitrogens with zero attached hydrogens (tertiary/aromatic N) is 4. The molecule has 0 radical (unpaired) electrons. The number of aliphatic hydroxyl groups is 1. The average Bonchev–Trinajstić information content (AvgIpc) is 2.84. The molecule has 0 aliphatic carbocycles. The van der Waals surface area contributed by atoms with Gasteiger partial charge in [-0.15, -0.1) is 0 Å². The molecule has 0 spiro atoms. The van der Waals surface area contributed by atoms with Crippen LogP contribution in [0.2, 0.25) is 0 Å². The van der Waals surface area contributed by atoms with E-state index in [1.54, 1.807) is 54.4 Å². The summed E-state index contributed by atoms with van der Waals surface area (Å²) in [4.78, 5) is 38.0. The number of hydrogen-bond acceptors (Lipinski definition) is 6. The second-order valence-electron chi connectivity index (χ2n) is 9.05. The highest BCUT2D eigenvalue weighted by Gasteiger charge is 2.34. The second-order valence-corrected chi connectivity index (χ2v) is 9.05. The van der Waals surface area contributed by atoms with Gasteiger partial charge in [-0.2, -0.15) is 0 Å².